The molecule has 1 N–H and O–H groups in total. The van der Waals surface area contributed by atoms with Crippen molar-refractivity contribution in [3.8, 4) is 5.75 Å². The predicted molar refractivity (Wildman–Crippen MR) is 65.2 cm³/mol. The minimum atomic E-state index is -4.86. The van der Waals surface area contributed by atoms with E-state index >= 15 is 0 Å². The largest absolute Gasteiger partial charge is 0.573 e. The van der Waals surface area contributed by atoms with Crippen LogP contribution in [0.5, 0.6) is 5.75 Å². The van der Waals surface area contributed by atoms with Gasteiger partial charge in [-0.15, -0.1) is 13.2 Å². The summed E-state index contributed by atoms with van der Waals surface area (Å²) in [5, 5.41) is 8.50. The summed E-state index contributed by atoms with van der Waals surface area (Å²) >= 11 is 0. The van der Waals surface area contributed by atoms with Gasteiger partial charge < -0.3 is 9.84 Å². The Morgan fingerprint density at radius 2 is 1.81 bits per heavy atom. The van der Waals surface area contributed by atoms with Crippen molar-refractivity contribution in [3.63, 3.8) is 0 Å². The van der Waals surface area contributed by atoms with Crippen molar-refractivity contribution in [2.75, 3.05) is 13.6 Å². The van der Waals surface area contributed by atoms with E-state index in [2.05, 4.69) is 4.74 Å². The number of alkyl halides is 3. The fourth-order valence-corrected chi connectivity index (χ4v) is 2.54. The second kappa shape index (κ2) is 6.31. The molecule has 0 saturated carbocycles. The van der Waals surface area contributed by atoms with Gasteiger partial charge >= 0.3 is 12.3 Å². The zero-order chi connectivity index (χ0) is 16.3. The lowest BCUT2D eigenvalue weighted by Crippen LogP contribution is -2.29. The third-order valence-electron chi connectivity index (χ3n) is 2.41. The lowest BCUT2D eigenvalue weighted by atomic mass is 10.3. The van der Waals surface area contributed by atoms with Crippen molar-refractivity contribution in [2.24, 2.45) is 0 Å². The average molecular weight is 327 g/mol. The minimum absolute atomic E-state index is 0.252. The SMILES string of the molecule is CN(CCC(=O)O)S(=O)(=O)c1ccc(OC(F)(F)F)cc1. The van der Waals surface area contributed by atoms with E-state index in [4.69, 9.17) is 5.11 Å². The van der Waals surface area contributed by atoms with Gasteiger partial charge in [0, 0.05) is 13.6 Å². The summed E-state index contributed by atoms with van der Waals surface area (Å²) in [6, 6.07) is 3.64. The highest BCUT2D eigenvalue weighted by Crippen LogP contribution is 2.24. The van der Waals surface area contributed by atoms with Gasteiger partial charge in [-0.2, -0.15) is 0 Å². The Kier molecular flexibility index (Phi) is 5.18. The number of hydrogen-bond acceptors (Lipinski definition) is 4. The molecule has 0 aliphatic heterocycles. The Morgan fingerprint density at radius 3 is 2.24 bits per heavy atom. The van der Waals surface area contributed by atoms with Crippen molar-refractivity contribution in [1.29, 1.82) is 0 Å². The molecule has 1 aromatic rings. The number of carbonyl (C=O) groups is 1. The van der Waals surface area contributed by atoms with Crippen LogP contribution < -0.4 is 4.74 Å². The van der Waals surface area contributed by atoms with Gasteiger partial charge in [-0.05, 0) is 24.3 Å². The molecule has 1 aromatic carbocycles. The summed E-state index contributed by atoms with van der Waals surface area (Å²) < 4.78 is 64.4. The Balaban J connectivity index is 2.87. The van der Waals surface area contributed by atoms with Crippen molar-refractivity contribution >= 4 is 16.0 Å². The highest BCUT2D eigenvalue weighted by molar-refractivity contribution is 7.89. The monoisotopic (exact) mass is 327 g/mol. The number of halogens is 3. The van der Waals surface area contributed by atoms with E-state index in [0.29, 0.717) is 0 Å². The maximum atomic E-state index is 12.0. The molecule has 10 heteroatoms. The van der Waals surface area contributed by atoms with Gasteiger partial charge in [0.25, 0.3) is 0 Å². The van der Waals surface area contributed by atoms with Crippen molar-refractivity contribution in [3.05, 3.63) is 24.3 Å². The normalized spacial score (nSPS) is 12.4. The van der Waals surface area contributed by atoms with Crippen LogP contribution in [-0.2, 0) is 14.8 Å². The molecule has 0 fully saturated rings. The molecule has 21 heavy (non-hydrogen) atoms. The Hall–Kier alpha value is -1.81. The molecule has 0 aliphatic rings. The molecule has 0 spiro atoms. The van der Waals surface area contributed by atoms with E-state index in [1.807, 2.05) is 0 Å². The molecule has 0 aliphatic carbocycles. The number of carboxylic acid groups (broad SMARTS) is 1. The molecular weight excluding hydrogens is 315 g/mol. The summed E-state index contributed by atoms with van der Waals surface area (Å²) in [5.74, 6) is -1.71. The molecular formula is C11H12F3NO5S. The fourth-order valence-electron chi connectivity index (χ4n) is 1.37. The van der Waals surface area contributed by atoms with Crippen LogP contribution in [0.1, 0.15) is 6.42 Å². The maximum absolute atomic E-state index is 12.0. The molecule has 0 bridgehead atoms. The van der Waals surface area contributed by atoms with E-state index in [1.54, 1.807) is 0 Å². The topological polar surface area (TPSA) is 83.9 Å². The van der Waals surface area contributed by atoms with E-state index in [-0.39, 0.29) is 17.9 Å². The second-order valence-corrected chi connectivity index (χ2v) is 6.03. The number of nitrogens with zero attached hydrogens (tertiary/aromatic N) is 1. The van der Waals surface area contributed by atoms with E-state index in [0.717, 1.165) is 28.6 Å². The van der Waals surface area contributed by atoms with Crippen LogP contribution in [0.4, 0.5) is 13.2 Å². The van der Waals surface area contributed by atoms with Gasteiger partial charge in [0.05, 0.1) is 11.3 Å². The van der Waals surface area contributed by atoms with Crippen LogP contribution in [0.3, 0.4) is 0 Å². The first-order valence-corrected chi connectivity index (χ1v) is 7.00. The average Bonchev–Trinajstić information content (AvgIpc) is 2.34. The Labute approximate surface area is 118 Å². The molecule has 0 unspecified atom stereocenters. The molecule has 0 saturated heterocycles. The number of carboxylic acids is 1. The Bertz CT molecular complexity index is 597. The first kappa shape index (κ1) is 17.2. The highest BCUT2D eigenvalue weighted by Gasteiger charge is 2.31. The van der Waals surface area contributed by atoms with Gasteiger partial charge in [-0.3, -0.25) is 4.79 Å². The van der Waals surface area contributed by atoms with E-state index in [9.17, 15) is 26.4 Å². The molecule has 118 valence electrons. The summed E-state index contributed by atoms with van der Waals surface area (Å²) in [6.07, 6.45) is -5.25. The zero-order valence-electron chi connectivity index (χ0n) is 10.8. The molecule has 0 aromatic heterocycles. The van der Waals surface area contributed by atoms with Crippen molar-refractivity contribution in [2.45, 2.75) is 17.7 Å². The lowest BCUT2D eigenvalue weighted by molar-refractivity contribution is -0.274. The third-order valence-corrected chi connectivity index (χ3v) is 4.28. The standard InChI is InChI=1S/C11H12F3NO5S/c1-15(7-6-10(16)17)21(18,19)9-4-2-8(3-5-9)20-11(12,13)14/h2-5H,6-7H2,1H3,(H,16,17). The van der Waals surface area contributed by atoms with Gasteiger partial charge in [-0.1, -0.05) is 0 Å². The van der Waals surface area contributed by atoms with Gasteiger partial charge in [0.2, 0.25) is 10.0 Å². The number of ether oxygens (including phenoxy) is 1. The maximum Gasteiger partial charge on any atom is 0.573 e. The fraction of sp³-hybridized carbons (Fsp3) is 0.364. The lowest BCUT2D eigenvalue weighted by Gasteiger charge is -2.16. The van der Waals surface area contributed by atoms with E-state index < -0.39 is 28.1 Å². The summed E-state index contributed by atoms with van der Waals surface area (Å²) in [6.45, 7) is -0.252. The van der Waals surface area contributed by atoms with Crippen LogP contribution in [0.25, 0.3) is 0 Å². The van der Waals surface area contributed by atoms with Crippen LogP contribution in [0.2, 0.25) is 0 Å². The number of aliphatic carboxylic acids is 1. The van der Waals surface area contributed by atoms with Gasteiger partial charge in [-0.25, -0.2) is 12.7 Å². The second-order valence-electron chi connectivity index (χ2n) is 3.99. The first-order valence-electron chi connectivity index (χ1n) is 5.56. The van der Waals surface area contributed by atoms with Crippen molar-refractivity contribution < 1.29 is 36.2 Å². The van der Waals surface area contributed by atoms with Gasteiger partial charge in [0.15, 0.2) is 0 Å². The molecule has 0 atom stereocenters. The van der Waals surface area contributed by atoms with Crippen LogP contribution in [0.15, 0.2) is 29.2 Å². The smallest absolute Gasteiger partial charge is 0.481 e. The number of rotatable bonds is 6. The summed E-state index contributed by atoms with van der Waals surface area (Å²) in [5.41, 5.74) is 0. The first-order chi connectivity index (χ1) is 9.52. The van der Waals surface area contributed by atoms with E-state index in [1.165, 1.54) is 7.05 Å². The molecule has 0 heterocycles. The van der Waals surface area contributed by atoms with Crippen LogP contribution in [-0.4, -0.2) is 43.8 Å². The quantitative estimate of drug-likeness (QED) is 0.859. The molecule has 0 radical (unpaired) electrons. The number of hydrogen-bond donors (Lipinski definition) is 1. The Morgan fingerprint density at radius 1 is 1.29 bits per heavy atom. The van der Waals surface area contributed by atoms with Crippen molar-refractivity contribution in [1.82, 2.24) is 4.31 Å². The third kappa shape index (κ3) is 5.23. The van der Waals surface area contributed by atoms with Crippen LogP contribution >= 0.6 is 0 Å². The molecule has 6 nitrogen and oxygen atoms in total. The highest BCUT2D eigenvalue weighted by atomic mass is 32.2. The molecule has 1 rings (SSSR count). The predicted octanol–water partition coefficient (Wildman–Crippen LogP) is 1.68. The summed E-state index contributed by atoms with van der Waals surface area (Å²) in [4.78, 5) is 10.1. The van der Waals surface area contributed by atoms with Crippen LogP contribution in [0, 0.1) is 0 Å². The molecule has 0 amide bonds. The van der Waals surface area contributed by atoms with Gasteiger partial charge in [0.1, 0.15) is 5.75 Å². The summed E-state index contributed by atoms with van der Waals surface area (Å²) in [7, 11) is -2.78. The zero-order valence-corrected chi connectivity index (χ0v) is 11.6. The number of sulfonamides is 1. The number of benzene rings is 1. The minimum Gasteiger partial charge on any atom is -0.481 e.